The predicted octanol–water partition coefficient (Wildman–Crippen LogP) is 3.10. The van der Waals surface area contributed by atoms with Gasteiger partial charge < -0.3 is 15.7 Å². The molecule has 6 nitrogen and oxygen atoms in total. The number of aliphatic carboxylic acids is 1. The van der Waals surface area contributed by atoms with Crippen LogP contribution < -0.4 is 10.6 Å². The molecule has 0 bridgehead atoms. The number of halogens is 1. The molecule has 1 aromatic rings. The zero-order valence-electron chi connectivity index (χ0n) is 15.6. The summed E-state index contributed by atoms with van der Waals surface area (Å²) >= 11 is 6.03. The third-order valence-corrected chi connectivity index (χ3v) is 5.09. The van der Waals surface area contributed by atoms with Crippen LogP contribution in [0.3, 0.4) is 0 Å². The fourth-order valence-electron chi connectivity index (χ4n) is 2.64. The van der Waals surface area contributed by atoms with Gasteiger partial charge in [0.2, 0.25) is 5.91 Å². The Bertz CT molecular complexity index is 657. The second-order valence-electron chi connectivity index (χ2n) is 6.69. The maximum Gasteiger partial charge on any atom is 0.311 e. The third-order valence-electron chi connectivity index (χ3n) is 4.76. The van der Waals surface area contributed by atoms with Gasteiger partial charge in [0.05, 0.1) is 16.0 Å². The van der Waals surface area contributed by atoms with Crippen LogP contribution in [0.1, 0.15) is 50.9 Å². The Hall–Kier alpha value is -2.08. The van der Waals surface area contributed by atoms with Gasteiger partial charge in [0.15, 0.2) is 0 Å². The Morgan fingerprint density at radius 3 is 2.19 bits per heavy atom. The Balaban J connectivity index is 2.87. The van der Waals surface area contributed by atoms with Crippen LogP contribution >= 0.6 is 11.6 Å². The lowest BCUT2D eigenvalue weighted by molar-refractivity contribution is -0.149. The number of carbonyl (C=O) groups excluding carboxylic acids is 2. The van der Waals surface area contributed by atoms with Gasteiger partial charge in [-0.15, -0.1) is 0 Å². The summed E-state index contributed by atoms with van der Waals surface area (Å²) < 4.78 is 0. The van der Waals surface area contributed by atoms with E-state index in [-0.39, 0.29) is 18.0 Å². The fourth-order valence-corrected chi connectivity index (χ4v) is 2.87. The van der Waals surface area contributed by atoms with Crippen molar-refractivity contribution < 1.29 is 19.5 Å². The highest BCUT2D eigenvalue weighted by molar-refractivity contribution is 6.33. The van der Waals surface area contributed by atoms with Crippen molar-refractivity contribution in [3.05, 3.63) is 34.9 Å². The van der Waals surface area contributed by atoms with E-state index in [1.807, 2.05) is 0 Å². The molecule has 1 unspecified atom stereocenters. The van der Waals surface area contributed by atoms with E-state index in [9.17, 15) is 19.5 Å². The first-order chi connectivity index (χ1) is 12.2. The molecule has 1 aromatic carbocycles. The molecule has 0 aromatic heterocycles. The third kappa shape index (κ3) is 5.21. The van der Waals surface area contributed by atoms with Crippen LogP contribution in [-0.4, -0.2) is 35.5 Å². The lowest BCUT2D eigenvalue weighted by Crippen LogP contribution is -2.52. The SMILES string of the molecule is CCC(CC)(CNC(=O)C(NC(=O)c1ccccc1Cl)C(C)C)C(=O)O. The van der Waals surface area contributed by atoms with E-state index in [0.717, 1.165) is 0 Å². The molecular weight excluding hydrogens is 356 g/mol. The van der Waals surface area contributed by atoms with Gasteiger partial charge in [0.25, 0.3) is 5.91 Å². The van der Waals surface area contributed by atoms with Crippen molar-refractivity contribution >= 4 is 29.4 Å². The highest BCUT2D eigenvalue weighted by atomic mass is 35.5. The molecule has 0 aliphatic rings. The maximum absolute atomic E-state index is 12.6. The van der Waals surface area contributed by atoms with E-state index >= 15 is 0 Å². The summed E-state index contributed by atoms with van der Waals surface area (Å²) in [7, 11) is 0. The molecule has 7 heteroatoms. The van der Waals surface area contributed by atoms with E-state index in [2.05, 4.69) is 10.6 Å². The molecule has 0 heterocycles. The molecule has 0 saturated carbocycles. The molecule has 26 heavy (non-hydrogen) atoms. The number of rotatable bonds is 9. The lowest BCUT2D eigenvalue weighted by Gasteiger charge is -2.29. The van der Waals surface area contributed by atoms with Crippen LogP contribution in [0.25, 0.3) is 0 Å². The summed E-state index contributed by atoms with van der Waals surface area (Å²) in [6, 6.07) is 5.79. The average molecular weight is 383 g/mol. The summed E-state index contributed by atoms with van der Waals surface area (Å²) in [4.78, 5) is 36.6. The van der Waals surface area contributed by atoms with Crippen molar-refractivity contribution in [2.75, 3.05) is 6.54 Å². The fraction of sp³-hybridized carbons (Fsp3) is 0.526. The molecular formula is C19H27ClN2O4. The Morgan fingerprint density at radius 2 is 1.73 bits per heavy atom. The van der Waals surface area contributed by atoms with Gasteiger partial charge in [-0.3, -0.25) is 14.4 Å². The average Bonchev–Trinajstić information content (AvgIpc) is 2.60. The number of hydrogen-bond donors (Lipinski definition) is 3. The molecule has 0 spiro atoms. The number of benzene rings is 1. The largest absolute Gasteiger partial charge is 0.481 e. The minimum atomic E-state index is -1.01. The minimum Gasteiger partial charge on any atom is -0.481 e. The summed E-state index contributed by atoms with van der Waals surface area (Å²) in [5, 5.41) is 15.2. The van der Waals surface area contributed by atoms with E-state index in [0.29, 0.717) is 17.9 Å². The molecule has 0 aliphatic heterocycles. The minimum absolute atomic E-state index is 0.0132. The molecule has 0 fully saturated rings. The summed E-state index contributed by atoms with van der Waals surface area (Å²) in [6.07, 6.45) is 0.800. The first-order valence-corrected chi connectivity index (χ1v) is 9.12. The number of amides is 2. The van der Waals surface area contributed by atoms with Gasteiger partial charge in [0, 0.05) is 6.54 Å². The topological polar surface area (TPSA) is 95.5 Å². The summed E-state index contributed by atoms with van der Waals surface area (Å²) in [5.74, 6) is -1.97. The van der Waals surface area contributed by atoms with Gasteiger partial charge in [-0.1, -0.05) is 51.4 Å². The smallest absolute Gasteiger partial charge is 0.311 e. The quantitative estimate of drug-likeness (QED) is 0.611. The summed E-state index contributed by atoms with van der Waals surface area (Å²) in [5.41, 5.74) is -0.723. The second-order valence-corrected chi connectivity index (χ2v) is 7.09. The van der Waals surface area contributed by atoms with Crippen molar-refractivity contribution in [3.8, 4) is 0 Å². The number of hydrogen-bond acceptors (Lipinski definition) is 3. The standard InChI is InChI=1S/C19H27ClN2O4/c1-5-19(6-2,18(25)26)11-21-17(24)15(12(3)4)22-16(23)13-9-7-8-10-14(13)20/h7-10,12,15H,5-6,11H2,1-4H3,(H,21,24)(H,22,23)(H,25,26). The van der Waals surface area contributed by atoms with Crippen LogP contribution in [0, 0.1) is 11.3 Å². The monoisotopic (exact) mass is 382 g/mol. The number of carbonyl (C=O) groups is 3. The number of carboxylic acids is 1. The molecule has 0 radical (unpaired) electrons. The zero-order valence-corrected chi connectivity index (χ0v) is 16.4. The van der Waals surface area contributed by atoms with Gasteiger partial charge >= 0.3 is 5.97 Å². The Kier molecular flexibility index (Phi) is 8.08. The molecule has 0 saturated heterocycles. The zero-order chi connectivity index (χ0) is 19.9. The van der Waals surface area contributed by atoms with Crippen molar-refractivity contribution in [1.29, 1.82) is 0 Å². The van der Waals surface area contributed by atoms with Crippen molar-refractivity contribution in [2.45, 2.75) is 46.6 Å². The van der Waals surface area contributed by atoms with Gasteiger partial charge in [-0.05, 0) is 30.9 Å². The number of carboxylic acid groups (broad SMARTS) is 1. The second kappa shape index (κ2) is 9.57. The van der Waals surface area contributed by atoms with E-state index < -0.39 is 29.2 Å². The summed E-state index contributed by atoms with van der Waals surface area (Å²) in [6.45, 7) is 7.19. The van der Waals surface area contributed by atoms with Crippen molar-refractivity contribution in [2.24, 2.45) is 11.3 Å². The highest BCUT2D eigenvalue weighted by Gasteiger charge is 2.36. The van der Waals surface area contributed by atoms with Crippen molar-refractivity contribution in [3.63, 3.8) is 0 Å². The number of nitrogens with one attached hydrogen (secondary N) is 2. The maximum atomic E-state index is 12.6. The van der Waals surface area contributed by atoms with Crippen LogP contribution in [0.15, 0.2) is 24.3 Å². The van der Waals surface area contributed by atoms with Gasteiger partial charge in [0.1, 0.15) is 6.04 Å². The highest BCUT2D eigenvalue weighted by Crippen LogP contribution is 2.25. The molecule has 3 N–H and O–H groups in total. The molecule has 144 valence electrons. The molecule has 0 aliphatic carbocycles. The van der Waals surface area contributed by atoms with Crippen molar-refractivity contribution in [1.82, 2.24) is 10.6 Å². The van der Waals surface area contributed by atoms with E-state index in [1.54, 1.807) is 52.0 Å². The first kappa shape index (κ1) is 22.0. The van der Waals surface area contributed by atoms with Gasteiger partial charge in [-0.25, -0.2) is 0 Å². The predicted molar refractivity (Wildman–Crippen MR) is 101 cm³/mol. The van der Waals surface area contributed by atoms with E-state index in [1.165, 1.54) is 0 Å². The van der Waals surface area contributed by atoms with E-state index in [4.69, 9.17) is 11.6 Å². The Labute approximate surface area is 159 Å². The van der Waals surface area contributed by atoms with Crippen LogP contribution in [-0.2, 0) is 9.59 Å². The van der Waals surface area contributed by atoms with Crippen LogP contribution in [0.4, 0.5) is 0 Å². The normalized spacial score (nSPS) is 12.5. The van der Waals surface area contributed by atoms with Crippen LogP contribution in [0.2, 0.25) is 5.02 Å². The first-order valence-electron chi connectivity index (χ1n) is 8.75. The molecule has 1 atom stereocenters. The van der Waals surface area contributed by atoms with Crippen LogP contribution in [0.5, 0.6) is 0 Å². The molecule has 2 amide bonds. The molecule has 1 rings (SSSR count). The lowest BCUT2D eigenvalue weighted by atomic mass is 9.82. The van der Waals surface area contributed by atoms with Gasteiger partial charge in [-0.2, -0.15) is 0 Å². The Morgan fingerprint density at radius 1 is 1.15 bits per heavy atom.